The molecule has 0 aliphatic carbocycles. The van der Waals surface area contributed by atoms with Crippen LogP contribution >= 0.6 is 0 Å². The monoisotopic (exact) mass is 466 g/mol. The number of ether oxygens (including phenoxy) is 4. The number of rotatable bonds is 4. The van der Waals surface area contributed by atoms with Crippen molar-refractivity contribution >= 4 is 21.8 Å². The van der Waals surface area contributed by atoms with Gasteiger partial charge in [0.25, 0.3) is 0 Å². The molecule has 1 N–H and O–H groups in total. The third-order valence-electron chi connectivity index (χ3n) is 7.03. The molecule has 0 atom stereocenters. The molecule has 0 amide bonds. The molecule has 35 heavy (non-hydrogen) atoms. The maximum Gasteiger partial charge on any atom is 0.231 e. The molecule has 2 aliphatic heterocycles. The lowest BCUT2D eigenvalue weighted by Gasteiger charge is -2.20. The van der Waals surface area contributed by atoms with Crippen molar-refractivity contribution in [2.45, 2.75) is 19.4 Å². The van der Waals surface area contributed by atoms with Crippen molar-refractivity contribution in [3.05, 3.63) is 71.7 Å². The third kappa shape index (κ3) is 3.04. The summed E-state index contributed by atoms with van der Waals surface area (Å²) in [5.74, 6) is 3.99. The Morgan fingerprint density at radius 1 is 1.00 bits per heavy atom. The van der Waals surface area contributed by atoms with Gasteiger partial charge >= 0.3 is 0 Å². The van der Waals surface area contributed by atoms with Crippen LogP contribution in [0.1, 0.15) is 17.0 Å². The van der Waals surface area contributed by atoms with Crippen molar-refractivity contribution < 1.29 is 23.5 Å². The number of hydrogen-bond acceptors (Lipinski definition) is 5. The van der Waals surface area contributed by atoms with Crippen molar-refractivity contribution in [2.24, 2.45) is 0 Å². The highest BCUT2D eigenvalue weighted by atomic mass is 16.7. The summed E-state index contributed by atoms with van der Waals surface area (Å²) in [4.78, 5) is 8.40. The Balaban J connectivity index is 1.52. The Hall–Kier alpha value is -4.26. The number of benzene rings is 3. The number of nitrogens with one attached hydrogen (secondary N) is 1. The quantitative estimate of drug-likeness (QED) is 0.393. The Morgan fingerprint density at radius 2 is 1.86 bits per heavy atom. The minimum Gasteiger partial charge on any atom is -0.493 e. The van der Waals surface area contributed by atoms with Gasteiger partial charge in [-0.3, -0.25) is 0 Å². The molecule has 7 nitrogen and oxygen atoms in total. The lowest BCUT2D eigenvalue weighted by Crippen LogP contribution is -2.41. The van der Waals surface area contributed by atoms with Crippen LogP contribution < -0.4 is 23.5 Å². The topological polar surface area (TPSA) is 69.5 Å². The summed E-state index contributed by atoms with van der Waals surface area (Å²) in [6.07, 6.45) is 3.73. The molecule has 0 spiro atoms. The molecule has 174 valence electrons. The van der Waals surface area contributed by atoms with E-state index in [9.17, 15) is 0 Å². The van der Waals surface area contributed by atoms with E-state index < -0.39 is 0 Å². The molecule has 0 fully saturated rings. The molecule has 2 aromatic heterocycles. The number of fused-ring (bicyclic) bond motifs is 6. The van der Waals surface area contributed by atoms with Gasteiger partial charge in [-0.15, -0.1) is 0 Å². The van der Waals surface area contributed by atoms with E-state index in [2.05, 4.69) is 40.0 Å². The fourth-order valence-electron chi connectivity index (χ4n) is 5.45. The highest BCUT2D eigenvalue weighted by Crippen LogP contribution is 2.44. The second kappa shape index (κ2) is 7.63. The van der Waals surface area contributed by atoms with Crippen molar-refractivity contribution in [3.63, 3.8) is 0 Å². The number of aryl methyl sites for hydroxylation is 2. The Morgan fingerprint density at radius 3 is 2.69 bits per heavy atom. The van der Waals surface area contributed by atoms with E-state index in [-0.39, 0.29) is 6.79 Å². The average Bonchev–Trinajstić information content (AvgIpc) is 3.52. The van der Waals surface area contributed by atoms with Crippen molar-refractivity contribution in [3.8, 4) is 34.3 Å². The number of methoxy groups -OCH3 is 2. The number of aromatic nitrogens is 3. The van der Waals surface area contributed by atoms with Crippen LogP contribution in [0.4, 0.5) is 0 Å². The SMILES string of the molecule is COc1ccc2c(Cc3nc4ccccc4[nH]3)c3[n+](cc2c1OC)CCc1cc2c(cc1-3)OCO2. The number of hydrogen-bond donors (Lipinski definition) is 1. The maximum atomic E-state index is 5.83. The average molecular weight is 467 g/mol. The summed E-state index contributed by atoms with van der Waals surface area (Å²) in [6.45, 7) is 1.12. The summed E-state index contributed by atoms with van der Waals surface area (Å²) in [7, 11) is 3.36. The Labute approximate surface area is 201 Å². The van der Waals surface area contributed by atoms with Crippen LogP contribution in [0.3, 0.4) is 0 Å². The minimum atomic E-state index is 0.263. The minimum absolute atomic E-state index is 0.263. The van der Waals surface area contributed by atoms with Crippen LogP contribution in [0.15, 0.2) is 54.7 Å². The van der Waals surface area contributed by atoms with E-state index in [0.717, 1.165) is 63.6 Å². The van der Waals surface area contributed by atoms with Gasteiger partial charge in [-0.1, -0.05) is 12.1 Å². The van der Waals surface area contributed by atoms with Crippen LogP contribution in [-0.2, 0) is 19.4 Å². The fourth-order valence-corrected chi connectivity index (χ4v) is 5.45. The van der Waals surface area contributed by atoms with Gasteiger partial charge in [0.05, 0.1) is 36.2 Å². The summed E-state index contributed by atoms with van der Waals surface area (Å²) < 4.78 is 25.2. The van der Waals surface area contributed by atoms with E-state index in [0.29, 0.717) is 6.42 Å². The van der Waals surface area contributed by atoms with E-state index >= 15 is 0 Å². The van der Waals surface area contributed by atoms with Crippen molar-refractivity contribution in [1.82, 2.24) is 9.97 Å². The van der Waals surface area contributed by atoms with Crippen LogP contribution in [-0.4, -0.2) is 31.0 Å². The molecule has 7 rings (SSSR count). The van der Waals surface area contributed by atoms with Crippen LogP contribution in [0.5, 0.6) is 23.0 Å². The fraction of sp³-hybridized carbons (Fsp3) is 0.214. The lowest BCUT2D eigenvalue weighted by atomic mass is 9.90. The lowest BCUT2D eigenvalue weighted by molar-refractivity contribution is -0.686. The zero-order valence-corrected chi connectivity index (χ0v) is 19.6. The van der Waals surface area contributed by atoms with Crippen molar-refractivity contribution in [1.29, 1.82) is 0 Å². The summed E-state index contributed by atoms with van der Waals surface area (Å²) in [5, 5.41) is 2.13. The molecule has 5 aromatic rings. The van der Waals surface area contributed by atoms with Gasteiger partial charge < -0.3 is 23.9 Å². The van der Waals surface area contributed by atoms with Gasteiger partial charge in [-0.2, -0.15) is 4.57 Å². The summed E-state index contributed by atoms with van der Waals surface area (Å²) in [5.41, 5.74) is 6.79. The number of aromatic amines is 1. The molecule has 0 saturated carbocycles. The number of nitrogens with zero attached hydrogens (tertiary/aromatic N) is 2. The number of para-hydroxylation sites is 2. The number of imidazole rings is 1. The van der Waals surface area contributed by atoms with Gasteiger partial charge in [0, 0.05) is 23.8 Å². The van der Waals surface area contributed by atoms with Crippen LogP contribution in [0, 0.1) is 0 Å². The van der Waals surface area contributed by atoms with Gasteiger partial charge in [-0.25, -0.2) is 4.98 Å². The first-order valence-electron chi connectivity index (χ1n) is 11.7. The highest BCUT2D eigenvalue weighted by molar-refractivity contribution is 5.95. The largest absolute Gasteiger partial charge is 0.493 e. The molecule has 0 saturated heterocycles. The second-order valence-electron chi connectivity index (χ2n) is 8.90. The zero-order chi connectivity index (χ0) is 23.5. The van der Waals surface area contributed by atoms with Crippen molar-refractivity contribution in [2.75, 3.05) is 21.0 Å². The van der Waals surface area contributed by atoms with Gasteiger partial charge in [0.2, 0.25) is 12.5 Å². The molecule has 0 unspecified atom stereocenters. The summed E-state index contributed by atoms with van der Waals surface area (Å²) >= 11 is 0. The van der Waals surface area contributed by atoms with E-state index in [1.54, 1.807) is 14.2 Å². The molecule has 3 aromatic carbocycles. The first kappa shape index (κ1) is 20.1. The van der Waals surface area contributed by atoms with Gasteiger partial charge in [0.1, 0.15) is 5.82 Å². The number of pyridine rings is 1. The third-order valence-corrected chi connectivity index (χ3v) is 7.03. The van der Waals surface area contributed by atoms with Gasteiger partial charge in [-0.05, 0) is 42.0 Å². The molecular weight excluding hydrogens is 442 g/mol. The number of H-pyrrole nitrogens is 1. The van der Waals surface area contributed by atoms with Gasteiger partial charge in [0.15, 0.2) is 35.7 Å². The molecule has 4 heterocycles. The zero-order valence-electron chi connectivity index (χ0n) is 19.6. The predicted octanol–water partition coefficient (Wildman–Crippen LogP) is 4.56. The maximum absolute atomic E-state index is 5.83. The molecule has 2 aliphatic rings. The van der Waals surface area contributed by atoms with E-state index in [1.807, 2.05) is 24.3 Å². The normalized spacial score (nSPS) is 13.7. The second-order valence-corrected chi connectivity index (χ2v) is 8.90. The standard InChI is InChI=1S/C28H24N3O4/c1-32-23-8-7-17-19(13-26-29-21-5-3-4-6-22(21)30-26)27-18-12-25-24(34-15-35-25)11-16(18)9-10-31(27)14-20(17)28(23)33-2/h3-8,11-12,14H,9-10,13,15H2,1-2H3,(H,29,30)/q+1. The van der Waals surface area contributed by atoms with E-state index in [1.165, 1.54) is 22.4 Å². The Bertz CT molecular complexity index is 1610. The summed E-state index contributed by atoms with van der Waals surface area (Å²) in [6, 6.07) is 16.5. The molecule has 0 bridgehead atoms. The van der Waals surface area contributed by atoms with Crippen LogP contribution in [0.2, 0.25) is 0 Å². The first-order chi connectivity index (χ1) is 17.2. The van der Waals surface area contributed by atoms with E-state index in [4.69, 9.17) is 23.9 Å². The highest BCUT2D eigenvalue weighted by Gasteiger charge is 2.32. The Kier molecular flexibility index (Phi) is 4.39. The van der Waals surface area contributed by atoms with Crippen LogP contribution in [0.25, 0.3) is 33.1 Å². The first-order valence-corrected chi connectivity index (χ1v) is 11.7. The molecule has 7 heteroatoms. The predicted molar refractivity (Wildman–Crippen MR) is 131 cm³/mol. The smallest absolute Gasteiger partial charge is 0.231 e. The molecular formula is C28H24N3O4+. The molecule has 0 radical (unpaired) electrons.